The predicted octanol–water partition coefficient (Wildman–Crippen LogP) is 3.77. The van der Waals surface area contributed by atoms with Crippen LogP contribution in [0.15, 0.2) is 58.3 Å². The lowest BCUT2D eigenvalue weighted by Crippen LogP contribution is -2.71. The molecular weight excluding hydrogens is 536 g/mol. The second-order valence-corrected chi connectivity index (χ2v) is 12.7. The van der Waals surface area contributed by atoms with Gasteiger partial charge < -0.3 is 35.2 Å². The Balaban J connectivity index is 1.25. The minimum absolute atomic E-state index is 0.0383. The molecule has 1 amide bonds. The van der Waals surface area contributed by atoms with Crippen LogP contribution >= 0.6 is 0 Å². The van der Waals surface area contributed by atoms with Crippen molar-refractivity contribution in [3.8, 4) is 22.9 Å². The standard InChI is InChI=1S/C32H36N4O6/c1-4-31-23-19-12-13-21(37)25(23)41-26(31)24(38)20(15-32(31,40)22(14-19)33-16-17-10-11-17)28(39)35-30(2,3)29-34-27(36-42-29)18-8-6-5-7-9-18/h5-9,12-13,17,22,26,33,37-38,40H,4,10-11,14-16H2,1-3H3,(H,35,39)/t22-,26+,31+,32-/m1/s1. The first kappa shape index (κ1) is 27.0. The number of aliphatic hydroxyl groups excluding tert-OH is 1. The summed E-state index contributed by atoms with van der Waals surface area (Å²) in [5.41, 5.74) is -1.09. The van der Waals surface area contributed by atoms with Crippen molar-refractivity contribution < 1.29 is 29.4 Å². The normalized spacial score (nSPS) is 27.9. The number of hydrogen-bond donors (Lipinski definition) is 5. The average molecular weight is 573 g/mol. The van der Waals surface area contributed by atoms with Crippen LogP contribution in [-0.4, -0.2) is 55.7 Å². The quantitative estimate of drug-likeness (QED) is 0.272. The van der Waals surface area contributed by atoms with Crippen molar-refractivity contribution >= 4 is 5.91 Å². The van der Waals surface area contributed by atoms with Crippen LogP contribution in [0.25, 0.3) is 11.4 Å². The van der Waals surface area contributed by atoms with Crippen LogP contribution in [-0.2, 0) is 22.2 Å². The van der Waals surface area contributed by atoms with E-state index in [9.17, 15) is 20.1 Å². The molecule has 2 aromatic carbocycles. The van der Waals surface area contributed by atoms with Gasteiger partial charge in [-0.3, -0.25) is 4.79 Å². The molecule has 4 aliphatic rings. The van der Waals surface area contributed by atoms with E-state index in [1.165, 1.54) is 0 Å². The largest absolute Gasteiger partial charge is 0.508 e. The number of hydrogen-bond acceptors (Lipinski definition) is 9. The fourth-order valence-corrected chi connectivity index (χ4v) is 7.30. The van der Waals surface area contributed by atoms with Crippen molar-refractivity contribution in [1.29, 1.82) is 0 Å². The van der Waals surface area contributed by atoms with Gasteiger partial charge in [0.05, 0.1) is 16.6 Å². The lowest BCUT2D eigenvalue weighted by Gasteiger charge is -2.56. The Kier molecular flexibility index (Phi) is 5.98. The van der Waals surface area contributed by atoms with Crippen molar-refractivity contribution in [1.82, 2.24) is 20.8 Å². The minimum Gasteiger partial charge on any atom is -0.508 e. The smallest absolute Gasteiger partial charge is 0.252 e. The molecule has 2 heterocycles. The van der Waals surface area contributed by atoms with Crippen molar-refractivity contribution in [2.24, 2.45) is 5.92 Å². The summed E-state index contributed by atoms with van der Waals surface area (Å²) in [4.78, 5) is 18.5. The number of rotatable bonds is 8. The highest BCUT2D eigenvalue weighted by molar-refractivity contribution is 5.95. The van der Waals surface area contributed by atoms with Crippen LogP contribution in [0, 0.1) is 5.92 Å². The number of amides is 1. The van der Waals surface area contributed by atoms with Crippen molar-refractivity contribution in [2.45, 2.75) is 81.6 Å². The van der Waals surface area contributed by atoms with Gasteiger partial charge in [-0.15, -0.1) is 0 Å². The molecule has 1 fully saturated rings. The lowest BCUT2D eigenvalue weighted by molar-refractivity contribution is -0.131. The Hall–Kier alpha value is -3.89. The van der Waals surface area contributed by atoms with Crippen LogP contribution in [0.2, 0.25) is 0 Å². The fourth-order valence-electron chi connectivity index (χ4n) is 7.30. The fraction of sp³-hybridized carbons (Fsp3) is 0.469. The predicted molar refractivity (Wildman–Crippen MR) is 153 cm³/mol. The van der Waals surface area contributed by atoms with Crippen LogP contribution in [0.3, 0.4) is 0 Å². The molecule has 220 valence electrons. The van der Waals surface area contributed by atoms with Gasteiger partial charge in [0.15, 0.2) is 17.6 Å². The Morgan fingerprint density at radius 1 is 1.14 bits per heavy atom. The number of aliphatic hydroxyl groups is 2. The van der Waals surface area contributed by atoms with E-state index in [0.717, 1.165) is 36.1 Å². The number of aromatic hydroxyl groups is 1. The van der Waals surface area contributed by atoms with Gasteiger partial charge in [0, 0.05) is 23.6 Å². The molecule has 0 spiro atoms. The SMILES string of the molecule is CC[C@]12c3c4ccc(O)c3O[C@H]1C(O)=C(C(=O)NC(C)(C)c1nc(-c3ccccc3)no1)C[C@@]2(O)[C@H](NCC1CC1)C4. The summed E-state index contributed by atoms with van der Waals surface area (Å²) in [7, 11) is 0. The molecule has 7 rings (SSSR count). The molecule has 4 atom stereocenters. The maximum atomic E-state index is 13.9. The van der Waals surface area contributed by atoms with Crippen LogP contribution in [0.5, 0.6) is 11.5 Å². The molecule has 10 heteroatoms. The summed E-state index contributed by atoms with van der Waals surface area (Å²) < 4.78 is 11.8. The van der Waals surface area contributed by atoms with Gasteiger partial charge in [-0.1, -0.05) is 48.5 Å². The van der Waals surface area contributed by atoms with Crippen LogP contribution < -0.4 is 15.4 Å². The molecule has 0 radical (unpaired) electrons. The third-order valence-corrected chi connectivity index (χ3v) is 9.73. The van der Waals surface area contributed by atoms with E-state index in [1.54, 1.807) is 19.9 Å². The van der Waals surface area contributed by atoms with Gasteiger partial charge in [-0.25, -0.2) is 0 Å². The van der Waals surface area contributed by atoms with Crippen LogP contribution in [0.1, 0.15) is 63.5 Å². The molecule has 0 saturated heterocycles. The highest BCUT2D eigenvalue weighted by Crippen LogP contribution is 2.64. The van der Waals surface area contributed by atoms with Gasteiger partial charge in [-0.2, -0.15) is 4.98 Å². The number of carbonyl (C=O) groups excluding carboxylic acids is 1. The summed E-state index contributed by atoms with van der Waals surface area (Å²) in [6.45, 7) is 6.20. The zero-order valence-corrected chi connectivity index (χ0v) is 24.0. The average Bonchev–Trinajstić information content (AvgIpc) is 3.51. The number of ether oxygens (including phenoxy) is 1. The first-order chi connectivity index (χ1) is 20.1. The molecule has 0 bridgehead atoms. The molecular formula is C32H36N4O6. The van der Waals surface area contributed by atoms with E-state index in [-0.39, 0.29) is 41.2 Å². The van der Waals surface area contributed by atoms with E-state index in [1.807, 2.05) is 43.3 Å². The van der Waals surface area contributed by atoms with Gasteiger partial charge in [0.1, 0.15) is 11.3 Å². The minimum atomic E-state index is -1.47. The number of phenolic OH excluding ortho intramolecular Hbond substituents is 1. The topological polar surface area (TPSA) is 150 Å². The molecule has 3 aliphatic carbocycles. The molecule has 0 unspecified atom stereocenters. The monoisotopic (exact) mass is 572 g/mol. The lowest BCUT2D eigenvalue weighted by atomic mass is 9.51. The van der Waals surface area contributed by atoms with Crippen molar-refractivity contribution in [2.75, 3.05) is 6.54 Å². The molecule has 3 aromatic rings. The van der Waals surface area contributed by atoms with E-state index >= 15 is 0 Å². The zero-order chi connectivity index (χ0) is 29.4. The molecule has 1 aromatic heterocycles. The first-order valence-corrected chi connectivity index (χ1v) is 14.7. The Morgan fingerprint density at radius 3 is 2.62 bits per heavy atom. The maximum Gasteiger partial charge on any atom is 0.252 e. The second-order valence-electron chi connectivity index (χ2n) is 12.7. The number of nitrogens with zero attached hydrogens (tertiary/aromatic N) is 2. The van der Waals surface area contributed by atoms with Crippen molar-refractivity contribution in [3.63, 3.8) is 0 Å². The van der Waals surface area contributed by atoms with Gasteiger partial charge >= 0.3 is 0 Å². The third-order valence-electron chi connectivity index (χ3n) is 9.73. The molecule has 10 nitrogen and oxygen atoms in total. The van der Waals surface area contributed by atoms with Gasteiger partial charge in [-0.05, 0) is 63.6 Å². The summed E-state index contributed by atoms with van der Waals surface area (Å²) >= 11 is 0. The van der Waals surface area contributed by atoms with E-state index in [2.05, 4.69) is 20.8 Å². The summed E-state index contributed by atoms with van der Waals surface area (Å²) in [6, 6.07) is 12.5. The summed E-state index contributed by atoms with van der Waals surface area (Å²) in [5.74, 6) is 0.590. The summed E-state index contributed by atoms with van der Waals surface area (Å²) in [6.07, 6.45) is 2.13. The summed E-state index contributed by atoms with van der Waals surface area (Å²) in [5, 5.41) is 45.8. The molecule has 5 N–H and O–H groups in total. The van der Waals surface area contributed by atoms with Crippen molar-refractivity contribution in [3.05, 3.63) is 70.8 Å². The number of aromatic nitrogens is 2. The second kappa shape index (κ2) is 9.31. The highest BCUT2D eigenvalue weighted by Gasteiger charge is 2.70. The third kappa shape index (κ3) is 3.81. The van der Waals surface area contributed by atoms with E-state index < -0.39 is 28.6 Å². The number of nitrogens with one attached hydrogen (secondary N) is 2. The Morgan fingerprint density at radius 2 is 1.90 bits per heavy atom. The Labute approximate surface area is 243 Å². The Bertz CT molecular complexity index is 1600. The molecule has 42 heavy (non-hydrogen) atoms. The number of benzene rings is 2. The zero-order valence-electron chi connectivity index (χ0n) is 24.0. The van der Waals surface area contributed by atoms with Gasteiger partial charge in [0.25, 0.3) is 11.8 Å². The first-order valence-electron chi connectivity index (χ1n) is 14.7. The highest BCUT2D eigenvalue weighted by atomic mass is 16.5. The molecule has 1 saturated carbocycles. The van der Waals surface area contributed by atoms with E-state index in [0.29, 0.717) is 24.6 Å². The van der Waals surface area contributed by atoms with Crippen LogP contribution in [0.4, 0.5) is 0 Å². The number of carbonyl (C=O) groups is 1. The van der Waals surface area contributed by atoms with Gasteiger partial charge in [0.2, 0.25) is 5.82 Å². The van der Waals surface area contributed by atoms with E-state index in [4.69, 9.17) is 9.26 Å². The number of phenols is 1. The molecule has 1 aliphatic heterocycles. The maximum absolute atomic E-state index is 13.9.